The van der Waals surface area contributed by atoms with Gasteiger partial charge in [-0.3, -0.25) is 4.79 Å². The molecular formula is C28H26N4O2S. The quantitative estimate of drug-likeness (QED) is 0.311. The largest absolute Gasteiger partial charge is 0.497 e. The lowest BCUT2D eigenvalue weighted by atomic mass is 10.0. The minimum Gasteiger partial charge on any atom is -0.497 e. The Bertz CT molecular complexity index is 1530. The lowest BCUT2D eigenvalue weighted by molar-refractivity contribution is -0.115. The van der Waals surface area contributed by atoms with Crippen LogP contribution in [0, 0.1) is 20.8 Å². The van der Waals surface area contributed by atoms with Gasteiger partial charge >= 0.3 is 0 Å². The maximum atomic E-state index is 13.1. The number of aryl methyl sites for hydroxylation is 3. The maximum Gasteiger partial charge on any atom is 0.232 e. The predicted octanol–water partition coefficient (Wildman–Crippen LogP) is 6.24. The van der Waals surface area contributed by atoms with Crippen molar-refractivity contribution in [3.05, 3.63) is 88.6 Å². The van der Waals surface area contributed by atoms with Gasteiger partial charge in [0.25, 0.3) is 0 Å². The van der Waals surface area contributed by atoms with Crippen molar-refractivity contribution < 1.29 is 9.53 Å². The fourth-order valence-corrected chi connectivity index (χ4v) is 4.76. The Kier molecular flexibility index (Phi) is 6.09. The molecule has 7 heteroatoms. The molecule has 3 aromatic heterocycles. The van der Waals surface area contributed by atoms with E-state index in [4.69, 9.17) is 9.72 Å². The number of rotatable bonds is 6. The molecule has 1 amide bonds. The first-order valence-corrected chi connectivity index (χ1v) is 12.2. The van der Waals surface area contributed by atoms with Crippen LogP contribution in [0.2, 0.25) is 0 Å². The Labute approximate surface area is 208 Å². The average Bonchev–Trinajstić information content (AvgIpc) is 3.45. The van der Waals surface area contributed by atoms with E-state index in [1.54, 1.807) is 7.11 Å². The van der Waals surface area contributed by atoms with Gasteiger partial charge in [0, 0.05) is 22.7 Å². The van der Waals surface area contributed by atoms with E-state index in [2.05, 4.69) is 42.3 Å². The SMILES string of the molecule is COc1ccc(-c2csc(NC(=O)Cc3c(-c4ccc(C)c(C)c4)nc4cc(C)ccn34)n2)cc1. The topological polar surface area (TPSA) is 68.5 Å². The van der Waals surface area contributed by atoms with Crippen molar-refractivity contribution >= 4 is 28.0 Å². The van der Waals surface area contributed by atoms with E-state index in [-0.39, 0.29) is 12.3 Å². The van der Waals surface area contributed by atoms with Crippen LogP contribution in [0.15, 0.2) is 66.2 Å². The first-order chi connectivity index (χ1) is 16.9. The molecule has 0 aliphatic heterocycles. The average molecular weight is 483 g/mol. The standard InChI is InChI=1S/C28H26N4O2S/c1-17-11-12-32-24(27(30-25(32)13-17)21-6-5-18(2)19(3)14-21)15-26(33)31-28-29-23(16-35-28)20-7-9-22(34-4)10-8-20/h5-14,16H,15H2,1-4H3,(H,29,31,33). The number of methoxy groups -OCH3 is 1. The highest BCUT2D eigenvalue weighted by molar-refractivity contribution is 7.14. The molecule has 176 valence electrons. The van der Waals surface area contributed by atoms with Gasteiger partial charge < -0.3 is 14.5 Å². The number of fused-ring (bicyclic) bond motifs is 1. The van der Waals surface area contributed by atoms with Crippen LogP contribution in [0.3, 0.4) is 0 Å². The van der Waals surface area contributed by atoms with E-state index in [0.717, 1.165) is 45.2 Å². The molecule has 0 saturated carbocycles. The summed E-state index contributed by atoms with van der Waals surface area (Å²) < 4.78 is 7.22. The van der Waals surface area contributed by atoms with Gasteiger partial charge in [0.1, 0.15) is 11.4 Å². The van der Waals surface area contributed by atoms with Crippen LogP contribution < -0.4 is 10.1 Å². The molecule has 5 rings (SSSR count). The van der Waals surface area contributed by atoms with Gasteiger partial charge in [0.05, 0.1) is 30.6 Å². The number of ether oxygens (including phenoxy) is 1. The summed E-state index contributed by atoms with van der Waals surface area (Å²) in [6, 6.07) is 18.1. The molecule has 1 N–H and O–H groups in total. The smallest absolute Gasteiger partial charge is 0.232 e. The van der Waals surface area contributed by atoms with Crippen LogP contribution in [0.4, 0.5) is 5.13 Å². The Morgan fingerprint density at radius 3 is 2.49 bits per heavy atom. The molecule has 0 radical (unpaired) electrons. The van der Waals surface area contributed by atoms with Crippen LogP contribution in [-0.2, 0) is 11.2 Å². The Morgan fingerprint density at radius 2 is 1.74 bits per heavy atom. The summed E-state index contributed by atoms with van der Waals surface area (Å²) in [6.07, 6.45) is 2.17. The number of nitrogens with one attached hydrogen (secondary N) is 1. The summed E-state index contributed by atoms with van der Waals surface area (Å²) in [5.74, 6) is 0.661. The van der Waals surface area contributed by atoms with Crippen molar-refractivity contribution in [1.82, 2.24) is 14.4 Å². The van der Waals surface area contributed by atoms with Gasteiger partial charge in [-0.2, -0.15) is 0 Å². The molecule has 6 nitrogen and oxygen atoms in total. The normalized spacial score (nSPS) is 11.1. The van der Waals surface area contributed by atoms with Gasteiger partial charge in [-0.05, 0) is 79.9 Å². The second kappa shape index (κ2) is 9.35. The van der Waals surface area contributed by atoms with Crippen molar-refractivity contribution in [1.29, 1.82) is 0 Å². The molecule has 0 fully saturated rings. The molecular weight excluding hydrogens is 456 g/mol. The van der Waals surface area contributed by atoms with Gasteiger partial charge in [0.15, 0.2) is 5.13 Å². The number of hydrogen-bond donors (Lipinski definition) is 1. The molecule has 35 heavy (non-hydrogen) atoms. The van der Waals surface area contributed by atoms with Crippen LogP contribution in [-0.4, -0.2) is 27.4 Å². The van der Waals surface area contributed by atoms with Crippen molar-refractivity contribution in [2.75, 3.05) is 12.4 Å². The minimum absolute atomic E-state index is 0.131. The number of pyridine rings is 1. The summed E-state index contributed by atoms with van der Waals surface area (Å²) in [7, 11) is 1.64. The third-order valence-electron chi connectivity index (χ3n) is 6.13. The van der Waals surface area contributed by atoms with Crippen molar-refractivity contribution in [2.45, 2.75) is 27.2 Å². The van der Waals surface area contributed by atoms with E-state index >= 15 is 0 Å². The fraction of sp³-hybridized carbons (Fsp3) is 0.179. The first-order valence-electron chi connectivity index (χ1n) is 11.4. The summed E-state index contributed by atoms with van der Waals surface area (Å²) in [5, 5.41) is 5.48. The van der Waals surface area contributed by atoms with E-state index < -0.39 is 0 Å². The third kappa shape index (κ3) is 4.68. The van der Waals surface area contributed by atoms with Gasteiger partial charge in [0.2, 0.25) is 5.91 Å². The number of thiazole rings is 1. The molecule has 5 aromatic rings. The number of benzene rings is 2. The maximum absolute atomic E-state index is 13.1. The van der Waals surface area contributed by atoms with E-state index in [1.807, 2.05) is 59.3 Å². The highest BCUT2D eigenvalue weighted by atomic mass is 32.1. The number of anilines is 1. The van der Waals surface area contributed by atoms with Gasteiger partial charge in [-0.1, -0.05) is 12.1 Å². The lowest BCUT2D eigenvalue weighted by Crippen LogP contribution is -2.16. The molecule has 0 unspecified atom stereocenters. The summed E-state index contributed by atoms with van der Waals surface area (Å²) in [4.78, 5) is 22.6. The highest BCUT2D eigenvalue weighted by Gasteiger charge is 2.19. The van der Waals surface area contributed by atoms with E-state index in [0.29, 0.717) is 5.13 Å². The van der Waals surface area contributed by atoms with Gasteiger partial charge in [-0.25, -0.2) is 9.97 Å². The number of imidazole rings is 1. The summed E-state index contributed by atoms with van der Waals surface area (Å²) in [5.41, 5.74) is 8.85. The molecule has 0 aliphatic carbocycles. The summed E-state index contributed by atoms with van der Waals surface area (Å²) >= 11 is 1.41. The number of carbonyl (C=O) groups is 1. The lowest BCUT2D eigenvalue weighted by Gasteiger charge is -2.08. The monoisotopic (exact) mass is 482 g/mol. The third-order valence-corrected chi connectivity index (χ3v) is 6.88. The van der Waals surface area contributed by atoms with Crippen LogP contribution in [0.25, 0.3) is 28.2 Å². The number of nitrogens with zero attached hydrogens (tertiary/aromatic N) is 3. The molecule has 0 bridgehead atoms. The number of hydrogen-bond acceptors (Lipinski definition) is 5. The molecule has 3 heterocycles. The van der Waals surface area contributed by atoms with Crippen LogP contribution >= 0.6 is 11.3 Å². The van der Waals surface area contributed by atoms with Crippen molar-refractivity contribution in [2.24, 2.45) is 0 Å². The Balaban J connectivity index is 1.42. The zero-order valence-corrected chi connectivity index (χ0v) is 20.9. The zero-order valence-electron chi connectivity index (χ0n) is 20.1. The molecule has 0 spiro atoms. The zero-order chi connectivity index (χ0) is 24.5. The first kappa shape index (κ1) is 22.8. The Morgan fingerprint density at radius 1 is 0.971 bits per heavy atom. The molecule has 0 saturated heterocycles. The van der Waals surface area contributed by atoms with Gasteiger partial charge in [-0.15, -0.1) is 11.3 Å². The number of carbonyl (C=O) groups excluding carboxylic acids is 1. The van der Waals surface area contributed by atoms with E-state index in [1.165, 1.54) is 22.5 Å². The Hall–Kier alpha value is -3.97. The molecule has 0 atom stereocenters. The van der Waals surface area contributed by atoms with Crippen LogP contribution in [0.5, 0.6) is 5.75 Å². The second-order valence-electron chi connectivity index (χ2n) is 8.63. The van der Waals surface area contributed by atoms with Crippen molar-refractivity contribution in [3.63, 3.8) is 0 Å². The fourth-order valence-electron chi connectivity index (χ4n) is 4.03. The van der Waals surface area contributed by atoms with Crippen molar-refractivity contribution in [3.8, 4) is 28.3 Å². The number of amides is 1. The number of aromatic nitrogens is 3. The predicted molar refractivity (Wildman–Crippen MR) is 141 cm³/mol. The summed E-state index contributed by atoms with van der Waals surface area (Å²) in [6.45, 7) is 6.22. The van der Waals surface area contributed by atoms with E-state index in [9.17, 15) is 4.79 Å². The highest BCUT2D eigenvalue weighted by Crippen LogP contribution is 2.29. The minimum atomic E-state index is -0.131. The van der Waals surface area contributed by atoms with Crippen LogP contribution in [0.1, 0.15) is 22.4 Å². The molecule has 2 aromatic carbocycles. The second-order valence-corrected chi connectivity index (χ2v) is 9.49. The molecule has 0 aliphatic rings.